The number of morpholine rings is 1. The monoisotopic (exact) mass is 387 g/mol. The van der Waals surface area contributed by atoms with E-state index in [4.69, 9.17) is 4.74 Å². The molecule has 1 N–H and O–H groups in total. The number of phenols is 1. The Morgan fingerprint density at radius 1 is 0.893 bits per heavy atom. The van der Waals surface area contributed by atoms with Crippen LogP contribution in [0.1, 0.15) is 34.3 Å². The van der Waals surface area contributed by atoms with Gasteiger partial charge >= 0.3 is 0 Å². The zero-order valence-corrected chi connectivity index (χ0v) is 16.4. The van der Waals surface area contributed by atoms with Crippen LogP contribution in [0.25, 0.3) is 0 Å². The standard InChI is InChI=1S/C21H29N3O4/c25-19-14-17-4-2-1-3-16(17)13-18(19)21(27)24-7-5-23(6-8-24)20(26)15-22-9-11-28-12-10-22/h13-14,25H,1-12,15H2. The van der Waals surface area contributed by atoms with Gasteiger partial charge in [-0.15, -0.1) is 0 Å². The molecule has 1 aromatic carbocycles. The average Bonchev–Trinajstić information content (AvgIpc) is 2.73. The van der Waals surface area contributed by atoms with Gasteiger partial charge in [0.05, 0.1) is 25.3 Å². The Hall–Kier alpha value is -2.12. The quantitative estimate of drug-likeness (QED) is 0.834. The van der Waals surface area contributed by atoms with Crippen molar-refractivity contribution in [2.45, 2.75) is 25.7 Å². The minimum atomic E-state index is -0.133. The van der Waals surface area contributed by atoms with Crippen molar-refractivity contribution in [3.8, 4) is 5.75 Å². The van der Waals surface area contributed by atoms with Gasteiger partial charge in [0.15, 0.2) is 0 Å². The van der Waals surface area contributed by atoms with E-state index in [-0.39, 0.29) is 17.6 Å². The number of hydrogen-bond acceptors (Lipinski definition) is 5. The highest BCUT2D eigenvalue weighted by Gasteiger charge is 2.28. The third-order valence-electron chi connectivity index (χ3n) is 6.07. The van der Waals surface area contributed by atoms with Crippen molar-refractivity contribution in [1.82, 2.24) is 14.7 Å². The Kier molecular flexibility index (Phi) is 5.82. The molecule has 0 saturated carbocycles. The van der Waals surface area contributed by atoms with Gasteiger partial charge in [-0.05, 0) is 48.9 Å². The number of hydrogen-bond donors (Lipinski definition) is 1. The number of rotatable bonds is 3. The van der Waals surface area contributed by atoms with Gasteiger partial charge in [-0.25, -0.2) is 0 Å². The molecule has 2 heterocycles. The number of nitrogens with zero attached hydrogens (tertiary/aromatic N) is 3. The van der Waals surface area contributed by atoms with Crippen molar-refractivity contribution in [2.75, 3.05) is 59.0 Å². The molecule has 152 valence electrons. The SMILES string of the molecule is O=C(CN1CCOCC1)N1CCN(C(=O)c2cc3c(cc2O)CCCC3)CC1. The maximum Gasteiger partial charge on any atom is 0.257 e. The van der Waals surface area contributed by atoms with Crippen LogP contribution in [-0.4, -0.2) is 90.6 Å². The molecular formula is C21H29N3O4. The number of fused-ring (bicyclic) bond motifs is 1. The van der Waals surface area contributed by atoms with Crippen LogP contribution in [0.4, 0.5) is 0 Å². The van der Waals surface area contributed by atoms with Gasteiger partial charge in [-0.2, -0.15) is 0 Å². The van der Waals surface area contributed by atoms with Crippen LogP contribution in [0.15, 0.2) is 12.1 Å². The number of aryl methyl sites for hydroxylation is 2. The second kappa shape index (κ2) is 8.49. The predicted octanol–water partition coefficient (Wildman–Crippen LogP) is 0.888. The molecule has 2 saturated heterocycles. The fourth-order valence-corrected chi connectivity index (χ4v) is 4.32. The highest BCUT2D eigenvalue weighted by molar-refractivity contribution is 5.97. The van der Waals surface area contributed by atoms with E-state index in [1.165, 1.54) is 11.1 Å². The summed E-state index contributed by atoms with van der Waals surface area (Å²) in [6, 6.07) is 3.64. The molecule has 4 rings (SSSR count). The summed E-state index contributed by atoms with van der Waals surface area (Å²) in [5.41, 5.74) is 2.75. The van der Waals surface area contributed by atoms with Crippen molar-refractivity contribution in [3.05, 3.63) is 28.8 Å². The first-order valence-corrected chi connectivity index (χ1v) is 10.3. The van der Waals surface area contributed by atoms with Crippen LogP contribution < -0.4 is 0 Å². The number of amides is 2. The van der Waals surface area contributed by atoms with Gasteiger partial charge in [-0.1, -0.05) is 0 Å². The molecule has 2 fully saturated rings. The van der Waals surface area contributed by atoms with Crippen molar-refractivity contribution in [3.63, 3.8) is 0 Å². The van der Waals surface area contributed by atoms with Crippen LogP contribution >= 0.6 is 0 Å². The molecule has 0 radical (unpaired) electrons. The molecule has 0 unspecified atom stereocenters. The topological polar surface area (TPSA) is 73.3 Å². The lowest BCUT2D eigenvalue weighted by Crippen LogP contribution is -2.53. The van der Waals surface area contributed by atoms with E-state index in [0.29, 0.717) is 51.5 Å². The fourth-order valence-electron chi connectivity index (χ4n) is 4.32. The zero-order valence-electron chi connectivity index (χ0n) is 16.4. The number of benzene rings is 1. The normalized spacial score (nSPS) is 20.7. The Bertz CT molecular complexity index is 737. The van der Waals surface area contributed by atoms with Gasteiger partial charge in [0, 0.05) is 39.3 Å². The Morgan fingerprint density at radius 2 is 1.50 bits per heavy atom. The molecule has 28 heavy (non-hydrogen) atoms. The molecule has 1 aliphatic carbocycles. The van der Waals surface area contributed by atoms with Crippen LogP contribution in [0.5, 0.6) is 5.75 Å². The van der Waals surface area contributed by atoms with Crippen molar-refractivity contribution in [2.24, 2.45) is 0 Å². The van der Waals surface area contributed by atoms with Crippen LogP contribution in [0.2, 0.25) is 0 Å². The molecule has 2 aliphatic heterocycles. The minimum absolute atomic E-state index is 0.0801. The number of ether oxygens (including phenoxy) is 1. The highest BCUT2D eigenvalue weighted by Crippen LogP contribution is 2.29. The minimum Gasteiger partial charge on any atom is -0.507 e. The summed E-state index contributed by atoms with van der Waals surface area (Å²) in [6.07, 6.45) is 4.22. The second-order valence-corrected chi connectivity index (χ2v) is 7.91. The molecule has 0 bridgehead atoms. The summed E-state index contributed by atoms with van der Waals surface area (Å²) < 4.78 is 5.32. The molecular weight excluding hydrogens is 358 g/mol. The van der Waals surface area contributed by atoms with Gasteiger partial charge in [0.2, 0.25) is 5.91 Å². The van der Waals surface area contributed by atoms with Gasteiger partial charge in [-0.3, -0.25) is 14.5 Å². The van der Waals surface area contributed by atoms with Crippen LogP contribution in [0, 0.1) is 0 Å². The average molecular weight is 387 g/mol. The molecule has 0 aromatic heterocycles. The smallest absolute Gasteiger partial charge is 0.257 e. The lowest BCUT2D eigenvalue weighted by Gasteiger charge is -2.36. The summed E-state index contributed by atoms with van der Waals surface area (Å²) in [4.78, 5) is 31.2. The molecule has 0 atom stereocenters. The van der Waals surface area contributed by atoms with E-state index in [0.717, 1.165) is 38.8 Å². The predicted molar refractivity (Wildman–Crippen MR) is 104 cm³/mol. The van der Waals surface area contributed by atoms with E-state index in [1.54, 1.807) is 11.0 Å². The lowest BCUT2D eigenvalue weighted by molar-refractivity contribution is -0.134. The number of carbonyl (C=O) groups excluding carboxylic acids is 2. The maximum absolute atomic E-state index is 12.9. The number of carbonyl (C=O) groups is 2. The van der Waals surface area contributed by atoms with Gasteiger partial charge in [0.25, 0.3) is 5.91 Å². The van der Waals surface area contributed by atoms with E-state index in [9.17, 15) is 14.7 Å². The third kappa shape index (κ3) is 4.15. The first-order chi connectivity index (χ1) is 13.6. The molecule has 3 aliphatic rings. The molecule has 7 heteroatoms. The third-order valence-corrected chi connectivity index (χ3v) is 6.07. The number of aromatic hydroxyl groups is 1. The zero-order chi connectivity index (χ0) is 19.5. The summed E-state index contributed by atoms with van der Waals surface area (Å²) in [5.74, 6) is 0.0632. The van der Waals surface area contributed by atoms with Crippen LogP contribution in [0.3, 0.4) is 0 Å². The van der Waals surface area contributed by atoms with Gasteiger partial charge in [0.1, 0.15) is 5.75 Å². The molecule has 7 nitrogen and oxygen atoms in total. The second-order valence-electron chi connectivity index (χ2n) is 7.91. The Balaban J connectivity index is 1.34. The molecule has 0 spiro atoms. The van der Waals surface area contributed by atoms with E-state index < -0.39 is 0 Å². The first kappa shape index (κ1) is 19.2. The summed E-state index contributed by atoms with van der Waals surface area (Å²) in [6.45, 7) is 5.46. The van der Waals surface area contributed by atoms with E-state index >= 15 is 0 Å². The van der Waals surface area contributed by atoms with Crippen molar-refractivity contribution < 1.29 is 19.4 Å². The molecule has 1 aromatic rings. The fraction of sp³-hybridized carbons (Fsp3) is 0.619. The van der Waals surface area contributed by atoms with Crippen molar-refractivity contribution >= 4 is 11.8 Å². The molecule has 2 amide bonds. The van der Waals surface area contributed by atoms with Crippen molar-refractivity contribution in [1.29, 1.82) is 0 Å². The Morgan fingerprint density at radius 3 is 2.18 bits per heavy atom. The lowest BCUT2D eigenvalue weighted by atomic mass is 9.89. The maximum atomic E-state index is 12.9. The first-order valence-electron chi connectivity index (χ1n) is 10.3. The highest BCUT2D eigenvalue weighted by atomic mass is 16.5. The van der Waals surface area contributed by atoms with E-state index in [2.05, 4.69) is 4.90 Å². The number of phenolic OH excluding ortho intramolecular Hbond substituents is 1. The van der Waals surface area contributed by atoms with E-state index in [1.807, 2.05) is 11.0 Å². The largest absolute Gasteiger partial charge is 0.507 e. The summed E-state index contributed by atoms with van der Waals surface area (Å²) >= 11 is 0. The van der Waals surface area contributed by atoms with Gasteiger partial charge < -0.3 is 19.6 Å². The summed E-state index contributed by atoms with van der Waals surface area (Å²) in [7, 11) is 0. The Labute approximate surface area is 165 Å². The van der Waals surface area contributed by atoms with Crippen LogP contribution in [-0.2, 0) is 22.4 Å². The number of piperazine rings is 1. The summed E-state index contributed by atoms with van der Waals surface area (Å²) in [5, 5.41) is 10.4.